The van der Waals surface area contributed by atoms with Gasteiger partial charge in [-0.2, -0.15) is 0 Å². The van der Waals surface area contributed by atoms with Crippen molar-refractivity contribution < 1.29 is 9.59 Å². The van der Waals surface area contributed by atoms with Crippen molar-refractivity contribution in [1.29, 1.82) is 0 Å². The number of amides is 2. The van der Waals surface area contributed by atoms with Gasteiger partial charge in [0.1, 0.15) is 6.04 Å². The number of carbonyl (C=O) groups excluding carboxylic acids is 2. The number of hydrogen-bond donors (Lipinski definition) is 1. The van der Waals surface area contributed by atoms with Gasteiger partial charge in [-0.25, -0.2) is 0 Å². The fourth-order valence-electron chi connectivity index (χ4n) is 3.84. The van der Waals surface area contributed by atoms with Crippen molar-refractivity contribution in [2.75, 3.05) is 0 Å². The molecule has 0 aliphatic carbocycles. The summed E-state index contributed by atoms with van der Waals surface area (Å²) in [5.74, 6) is -0.203. The number of nitrogens with zero attached hydrogens (tertiary/aromatic N) is 1. The Morgan fingerprint density at radius 2 is 1.58 bits per heavy atom. The summed E-state index contributed by atoms with van der Waals surface area (Å²) in [6, 6.07) is 25.0. The lowest BCUT2D eigenvalue weighted by atomic mass is 10.00. The lowest BCUT2D eigenvalue weighted by Gasteiger charge is -2.32. The lowest BCUT2D eigenvalue weighted by molar-refractivity contribution is -0.141. The molecule has 3 rings (SSSR count). The number of halogens is 1. The van der Waals surface area contributed by atoms with Crippen LogP contribution in [0.5, 0.6) is 0 Å². The van der Waals surface area contributed by atoms with E-state index < -0.39 is 6.04 Å². The van der Waals surface area contributed by atoms with Crippen molar-refractivity contribution in [2.45, 2.75) is 52.2 Å². The molecule has 33 heavy (non-hydrogen) atoms. The summed E-state index contributed by atoms with van der Waals surface area (Å²) in [6.07, 6.45) is 0.702. The van der Waals surface area contributed by atoms with Gasteiger partial charge in [0.15, 0.2) is 0 Å². The number of benzene rings is 3. The van der Waals surface area contributed by atoms with Crippen LogP contribution in [-0.4, -0.2) is 28.8 Å². The first-order valence-corrected chi connectivity index (χ1v) is 12.1. The van der Waals surface area contributed by atoms with Gasteiger partial charge in [0.05, 0.1) is 6.42 Å². The average Bonchev–Trinajstić information content (AvgIpc) is 2.78. The first-order valence-electron chi connectivity index (χ1n) is 11.3. The molecule has 0 bridgehead atoms. The maximum Gasteiger partial charge on any atom is 0.243 e. The molecular weight excluding hydrogens is 476 g/mol. The second-order valence-corrected chi connectivity index (χ2v) is 9.54. The monoisotopic (exact) mass is 506 g/mol. The lowest BCUT2D eigenvalue weighted by Crippen LogP contribution is -2.52. The van der Waals surface area contributed by atoms with Crippen molar-refractivity contribution in [1.82, 2.24) is 10.2 Å². The molecule has 0 spiro atoms. The highest BCUT2D eigenvalue weighted by Gasteiger charge is 2.31. The zero-order chi connectivity index (χ0) is 23.8. The van der Waals surface area contributed by atoms with E-state index in [9.17, 15) is 9.59 Å². The second kappa shape index (κ2) is 11.8. The number of carbonyl (C=O) groups is 2. The fourth-order valence-corrected chi connectivity index (χ4v) is 4.29. The third kappa shape index (κ3) is 7.29. The highest BCUT2D eigenvalue weighted by Crippen LogP contribution is 2.20. The zero-order valence-corrected chi connectivity index (χ0v) is 21.0. The maximum atomic E-state index is 13.7. The third-order valence-electron chi connectivity index (χ3n) is 5.55. The van der Waals surface area contributed by atoms with Crippen LogP contribution in [0, 0.1) is 6.92 Å². The van der Waals surface area contributed by atoms with E-state index >= 15 is 0 Å². The molecule has 1 N–H and O–H groups in total. The first kappa shape index (κ1) is 24.7. The van der Waals surface area contributed by atoms with Crippen LogP contribution in [0.1, 0.15) is 36.1 Å². The number of aryl methyl sites for hydroxylation is 1. The molecule has 0 radical (unpaired) electrons. The molecule has 0 aliphatic rings. The summed E-state index contributed by atoms with van der Waals surface area (Å²) < 4.78 is 0.942. The topological polar surface area (TPSA) is 49.4 Å². The van der Waals surface area contributed by atoms with Gasteiger partial charge in [0.25, 0.3) is 0 Å². The van der Waals surface area contributed by atoms with E-state index in [4.69, 9.17) is 0 Å². The molecule has 0 aromatic heterocycles. The molecule has 0 saturated heterocycles. The number of nitrogens with one attached hydrogen (secondary N) is 1. The minimum Gasteiger partial charge on any atom is -0.352 e. The molecule has 2 amide bonds. The van der Waals surface area contributed by atoms with Crippen LogP contribution < -0.4 is 5.32 Å². The maximum absolute atomic E-state index is 13.7. The molecule has 4 nitrogen and oxygen atoms in total. The molecule has 3 aromatic carbocycles. The normalized spacial score (nSPS) is 11.8. The largest absolute Gasteiger partial charge is 0.352 e. The summed E-state index contributed by atoms with van der Waals surface area (Å²) in [4.78, 5) is 28.8. The highest BCUT2D eigenvalue weighted by atomic mass is 79.9. The molecular formula is C28H31BrN2O2. The van der Waals surface area contributed by atoms with Crippen LogP contribution in [0.15, 0.2) is 83.3 Å². The van der Waals surface area contributed by atoms with Crippen molar-refractivity contribution in [3.8, 4) is 0 Å². The Kier molecular flexibility index (Phi) is 8.84. The van der Waals surface area contributed by atoms with E-state index in [1.807, 2.05) is 99.6 Å². The summed E-state index contributed by atoms with van der Waals surface area (Å²) in [5.41, 5.74) is 4.03. The molecule has 3 aromatic rings. The van der Waals surface area contributed by atoms with E-state index in [1.54, 1.807) is 4.90 Å². The third-order valence-corrected chi connectivity index (χ3v) is 6.04. The zero-order valence-electron chi connectivity index (χ0n) is 19.4. The number of hydrogen-bond acceptors (Lipinski definition) is 2. The molecule has 1 atom stereocenters. The Bertz CT molecular complexity index is 1080. The molecule has 5 heteroatoms. The van der Waals surface area contributed by atoms with Gasteiger partial charge in [-0.3, -0.25) is 9.59 Å². The van der Waals surface area contributed by atoms with Crippen LogP contribution in [0.4, 0.5) is 0 Å². The molecule has 1 unspecified atom stereocenters. The Labute approximate surface area is 205 Å². The number of rotatable bonds is 9. The summed E-state index contributed by atoms with van der Waals surface area (Å²) in [7, 11) is 0. The summed E-state index contributed by atoms with van der Waals surface area (Å²) in [5, 5.41) is 3.03. The van der Waals surface area contributed by atoms with Crippen LogP contribution in [-0.2, 0) is 29.0 Å². The predicted molar refractivity (Wildman–Crippen MR) is 137 cm³/mol. The van der Waals surface area contributed by atoms with Gasteiger partial charge < -0.3 is 10.2 Å². The van der Waals surface area contributed by atoms with Crippen LogP contribution in [0.25, 0.3) is 0 Å². The quantitative estimate of drug-likeness (QED) is 0.418. The summed E-state index contributed by atoms with van der Waals surface area (Å²) >= 11 is 3.52. The van der Waals surface area contributed by atoms with Gasteiger partial charge in [0.2, 0.25) is 11.8 Å². The molecule has 172 valence electrons. The average molecular weight is 507 g/mol. The van der Waals surface area contributed by atoms with E-state index in [0.717, 1.165) is 26.7 Å². The van der Waals surface area contributed by atoms with Crippen LogP contribution >= 0.6 is 15.9 Å². The van der Waals surface area contributed by atoms with E-state index in [-0.39, 0.29) is 24.3 Å². The first-order chi connectivity index (χ1) is 15.8. The van der Waals surface area contributed by atoms with Gasteiger partial charge in [-0.05, 0) is 55.2 Å². The Balaban J connectivity index is 1.98. The Hall–Kier alpha value is -2.92. The van der Waals surface area contributed by atoms with Crippen molar-refractivity contribution in [2.24, 2.45) is 0 Å². The predicted octanol–water partition coefficient (Wildman–Crippen LogP) is 5.46. The van der Waals surface area contributed by atoms with Gasteiger partial charge >= 0.3 is 0 Å². The fraction of sp³-hybridized carbons (Fsp3) is 0.286. The van der Waals surface area contributed by atoms with Gasteiger partial charge in [-0.1, -0.05) is 82.7 Å². The van der Waals surface area contributed by atoms with Crippen molar-refractivity contribution in [3.05, 3.63) is 106 Å². The van der Waals surface area contributed by atoms with Gasteiger partial charge in [-0.15, -0.1) is 0 Å². The second-order valence-electron chi connectivity index (χ2n) is 8.62. The minimum atomic E-state index is -0.620. The van der Waals surface area contributed by atoms with Crippen molar-refractivity contribution in [3.63, 3.8) is 0 Å². The van der Waals surface area contributed by atoms with E-state index in [0.29, 0.717) is 13.0 Å². The van der Waals surface area contributed by atoms with Crippen LogP contribution in [0.3, 0.4) is 0 Å². The van der Waals surface area contributed by atoms with E-state index in [2.05, 4.69) is 21.2 Å². The standard InChI is InChI=1S/C28H31BrN2O2/c1-20(2)30-28(33)26(17-22-11-5-4-6-12-22)31(19-23-13-9-15-25(29)16-23)27(32)18-24-14-8-7-10-21(24)3/h4-16,20,26H,17-19H2,1-3H3,(H,30,33). The molecule has 0 saturated carbocycles. The molecule has 0 fully saturated rings. The van der Waals surface area contributed by atoms with Crippen molar-refractivity contribution >= 4 is 27.7 Å². The molecule has 0 heterocycles. The van der Waals surface area contributed by atoms with Crippen LogP contribution in [0.2, 0.25) is 0 Å². The minimum absolute atomic E-state index is 0.0186. The Morgan fingerprint density at radius 1 is 0.909 bits per heavy atom. The highest BCUT2D eigenvalue weighted by molar-refractivity contribution is 9.10. The SMILES string of the molecule is Cc1ccccc1CC(=O)N(Cc1cccc(Br)c1)C(Cc1ccccc1)C(=O)NC(C)C. The van der Waals surface area contributed by atoms with E-state index in [1.165, 1.54) is 0 Å². The Morgan fingerprint density at radius 3 is 2.24 bits per heavy atom. The summed E-state index contributed by atoms with van der Waals surface area (Å²) in [6.45, 7) is 6.23. The smallest absolute Gasteiger partial charge is 0.243 e. The van der Waals surface area contributed by atoms with Gasteiger partial charge in [0, 0.05) is 23.5 Å². The molecule has 0 aliphatic heterocycles.